The molecule has 1 aliphatic heterocycles. The lowest BCUT2D eigenvalue weighted by molar-refractivity contribution is -0.141. The third-order valence-corrected chi connectivity index (χ3v) is 5.14. The van der Waals surface area contributed by atoms with E-state index in [9.17, 15) is 18.3 Å². The number of aromatic nitrogens is 2. The van der Waals surface area contributed by atoms with E-state index in [0.717, 1.165) is 17.1 Å². The van der Waals surface area contributed by atoms with Crippen LogP contribution >= 0.6 is 0 Å². The van der Waals surface area contributed by atoms with Crippen LogP contribution in [0.15, 0.2) is 17.3 Å². The van der Waals surface area contributed by atoms with E-state index in [4.69, 9.17) is 0 Å². The number of hydrogen-bond donors (Lipinski definition) is 1. The first-order chi connectivity index (χ1) is 8.93. The van der Waals surface area contributed by atoms with Crippen LogP contribution < -0.4 is 0 Å². The maximum atomic E-state index is 12.5. The Morgan fingerprint density at radius 3 is 2.74 bits per heavy atom. The Labute approximate surface area is 111 Å². The number of aryl methyl sites for hydroxylation is 1. The molecule has 1 fully saturated rings. The van der Waals surface area contributed by atoms with E-state index < -0.39 is 22.0 Å². The molecule has 1 aromatic rings. The molecular formula is C11H17N3O4S. The van der Waals surface area contributed by atoms with Crippen molar-refractivity contribution in [1.82, 2.24) is 14.1 Å². The third kappa shape index (κ3) is 2.79. The number of rotatable bonds is 3. The molecule has 1 unspecified atom stereocenters. The molecule has 1 atom stereocenters. The summed E-state index contributed by atoms with van der Waals surface area (Å²) in [6.07, 6.45) is 5.26. The van der Waals surface area contributed by atoms with Crippen LogP contribution in [0.5, 0.6) is 0 Å². The molecule has 0 spiro atoms. The molecule has 8 heteroatoms. The van der Waals surface area contributed by atoms with Gasteiger partial charge in [0.1, 0.15) is 10.9 Å². The fourth-order valence-electron chi connectivity index (χ4n) is 2.28. The fourth-order valence-corrected chi connectivity index (χ4v) is 3.92. The summed E-state index contributed by atoms with van der Waals surface area (Å²) in [6.45, 7) is 0.244. The van der Waals surface area contributed by atoms with Crippen molar-refractivity contribution in [2.24, 2.45) is 7.05 Å². The molecule has 0 saturated carbocycles. The van der Waals surface area contributed by atoms with Gasteiger partial charge in [0.2, 0.25) is 10.0 Å². The molecule has 0 aliphatic carbocycles. The SMILES string of the molecule is Cn1cc(S(=O)(=O)N2CCCCCC2C(=O)O)cn1. The largest absolute Gasteiger partial charge is 0.480 e. The van der Waals surface area contributed by atoms with E-state index in [1.54, 1.807) is 7.05 Å². The van der Waals surface area contributed by atoms with Crippen molar-refractivity contribution >= 4 is 16.0 Å². The highest BCUT2D eigenvalue weighted by molar-refractivity contribution is 7.89. The number of nitrogens with zero attached hydrogens (tertiary/aromatic N) is 3. The van der Waals surface area contributed by atoms with Crippen LogP contribution in [0.4, 0.5) is 0 Å². The van der Waals surface area contributed by atoms with Gasteiger partial charge in [-0.25, -0.2) is 8.42 Å². The molecule has 1 N–H and O–H groups in total. The average Bonchev–Trinajstić information content (AvgIpc) is 2.64. The van der Waals surface area contributed by atoms with Crippen LogP contribution in [0.3, 0.4) is 0 Å². The molecule has 2 rings (SSSR count). The second-order valence-electron chi connectivity index (χ2n) is 4.67. The quantitative estimate of drug-likeness (QED) is 0.870. The highest BCUT2D eigenvalue weighted by Gasteiger charge is 2.37. The Morgan fingerprint density at radius 1 is 1.42 bits per heavy atom. The number of carboxylic acids is 1. The smallest absolute Gasteiger partial charge is 0.322 e. The van der Waals surface area contributed by atoms with Crippen molar-refractivity contribution in [1.29, 1.82) is 0 Å². The van der Waals surface area contributed by atoms with Gasteiger partial charge in [0, 0.05) is 19.8 Å². The molecular weight excluding hydrogens is 270 g/mol. The minimum absolute atomic E-state index is 0.0446. The second-order valence-corrected chi connectivity index (χ2v) is 6.56. The molecule has 2 heterocycles. The Balaban J connectivity index is 2.38. The molecule has 1 saturated heterocycles. The Kier molecular flexibility index (Phi) is 3.91. The number of aliphatic carboxylic acids is 1. The average molecular weight is 287 g/mol. The minimum Gasteiger partial charge on any atom is -0.480 e. The van der Waals surface area contributed by atoms with Crippen molar-refractivity contribution in [3.05, 3.63) is 12.4 Å². The predicted octanol–water partition coefficient (Wildman–Crippen LogP) is 0.438. The maximum Gasteiger partial charge on any atom is 0.322 e. The molecule has 1 aromatic heterocycles. The summed E-state index contributed by atoms with van der Waals surface area (Å²) in [5.41, 5.74) is 0. The zero-order valence-corrected chi connectivity index (χ0v) is 11.5. The summed E-state index contributed by atoms with van der Waals surface area (Å²) in [5, 5.41) is 13.1. The van der Waals surface area contributed by atoms with Crippen molar-refractivity contribution in [3.63, 3.8) is 0 Å². The molecule has 0 aromatic carbocycles. The van der Waals surface area contributed by atoms with Gasteiger partial charge in [-0.05, 0) is 12.8 Å². The van der Waals surface area contributed by atoms with Crippen LogP contribution in [0, 0.1) is 0 Å². The molecule has 1 aliphatic rings. The summed E-state index contributed by atoms with van der Waals surface area (Å²) in [7, 11) is -2.17. The number of hydrogen-bond acceptors (Lipinski definition) is 4. The Hall–Kier alpha value is -1.41. The molecule has 0 bridgehead atoms. The summed E-state index contributed by atoms with van der Waals surface area (Å²) < 4.78 is 27.4. The molecule has 0 amide bonds. The van der Waals surface area contributed by atoms with Crippen LogP contribution in [0.1, 0.15) is 25.7 Å². The van der Waals surface area contributed by atoms with Gasteiger partial charge in [0.15, 0.2) is 0 Å². The zero-order chi connectivity index (χ0) is 14.0. The highest BCUT2D eigenvalue weighted by Crippen LogP contribution is 2.24. The number of carbonyl (C=O) groups is 1. The molecule has 7 nitrogen and oxygen atoms in total. The molecule has 19 heavy (non-hydrogen) atoms. The molecule has 0 radical (unpaired) electrons. The highest BCUT2D eigenvalue weighted by atomic mass is 32.2. The van der Waals surface area contributed by atoms with Gasteiger partial charge >= 0.3 is 5.97 Å². The maximum absolute atomic E-state index is 12.5. The van der Waals surface area contributed by atoms with Crippen molar-refractivity contribution in [2.45, 2.75) is 36.6 Å². The first-order valence-electron chi connectivity index (χ1n) is 6.16. The normalized spacial score (nSPS) is 22.1. The van der Waals surface area contributed by atoms with Gasteiger partial charge in [-0.15, -0.1) is 0 Å². The lowest BCUT2D eigenvalue weighted by Gasteiger charge is -2.25. The van der Waals surface area contributed by atoms with Gasteiger partial charge in [-0.1, -0.05) is 12.8 Å². The number of sulfonamides is 1. The Bertz CT molecular complexity index is 566. The Morgan fingerprint density at radius 2 is 2.16 bits per heavy atom. The summed E-state index contributed by atoms with van der Waals surface area (Å²) in [4.78, 5) is 11.3. The van der Waals surface area contributed by atoms with Crippen LogP contribution in [-0.4, -0.2) is 46.2 Å². The summed E-state index contributed by atoms with van der Waals surface area (Å²) in [6, 6.07) is -0.979. The van der Waals surface area contributed by atoms with Crippen LogP contribution in [0.2, 0.25) is 0 Å². The summed E-state index contributed by atoms with van der Waals surface area (Å²) >= 11 is 0. The zero-order valence-electron chi connectivity index (χ0n) is 10.7. The molecule has 106 valence electrons. The van der Waals surface area contributed by atoms with Crippen LogP contribution in [-0.2, 0) is 21.9 Å². The van der Waals surface area contributed by atoms with E-state index in [1.807, 2.05) is 0 Å². The lowest BCUT2D eigenvalue weighted by Crippen LogP contribution is -2.44. The van der Waals surface area contributed by atoms with Gasteiger partial charge in [-0.3, -0.25) is 9.48 Å². The predicted molar refractivity (Wildman–Crippen MR) is 67.0 cm³/mol. The van der Waals surface area contributed by atoms with Crippen molar-refractivity contribution in [3.8, 4) is 0 Å². The minimum atomic E-state index is -3.79. The number of carboxylic acid groups (broad SMARTS) is 1. The first-order valence-corrected chi connectivity index (χ1v) is 7.60. The topological polar surface area (TPSA) is 92.5 Å². The van der Waals surface area contributed by atoms with E-state index in [-0.39, 0.29) is 11.4 Å². The van der Waals surface area contributed by atoms with Crippen molar-refractivity contribution < 1.29 is 18.3 Å². The fraction of sp³-hybridized carbons (Fsp3) is 0.636. The van der Waals surface area contributed by atoms with E-state index in [2.05, 4.69) is 5.10 Å². The van der Waals surface area contributed by atoms with Crippen LogP contribution in [0.25, 0.3) is 0 Å². The summed E-state index contributed by atoms with van der Waals surface area (Å²) in [5.74, 6) is -1.09. The van der Waals surface area contributed by atoms with E-state index >= 15 is 0 Å². The first kappa shape index (κ1) is 14.0. The third-order valence-electron chi connectivity index (χ3n) is 3.28. The monoisotopic (exact) mass is 287 g/mol. The second kappa shape index (κ2) is 5.30. The van der Waals surface area contributed by atoms with Gasteiger partial charge in [0.05, 0.1) is 6.20 Å². The van der Waals surface area contributed by atoms with Gasteiger partial charge < -0.3 is 5.11 Å². The van der Waals surface area contributed by atoms with Crippen molar-refractivity contribution in [2.75, 3.05) is 6.54 Å². The standard InChI is InChI=1S/C11H17N3O4S/c1-13-8-9(7-12-13)19(17,18)14-6-4-2-3-5-10(14)11(15)16/h7-8,10H,2-6H2,1H3,(H,15,16). The van der Waals surface area contributed by atoms with E-state index in [0.29, 0.717) is 12.8 Å². The van der Waals surface area contributed by atoms with Gasteiger partial charge in [0.25, 0.3) is 0 Å². The lowest BCUT2D eigenvalue weighted by atomic mass is 10.1. The van der Waals surface area contributed by atoms with Gasteiger partial charge in [-0.2, -0.15) is 9.40 Å². The van der Waals surface area contributed by atoms with E-state index in [1.165, 1.54) is 17.1 Å².